The maximum absolute atomic E-state index is 12.1. The minimum absolute atomic E-state index is 0.345. The number of aliphatic carboxylic acids is 1. The molecule has 0 unspecified atom stereocenters. The molecule has 1 heterocycles. The number of nitrogens with one attached hydrogen (secondary N) is 1. The third-order valence-electron chi connectivity index (χ3n) is 4.20. The number of carbonyl (C=O) groups is 2. The molecule has 1 saturated heterocycles. The van der Waals surface area contributed by atoms with E-state index in [1.807, 2.05) is 52.0 Å². The van der Waals surface area contributed by atoms with E-state index >= 15 is 0 Å². The molecule has 0 bridgehead atoms. The van der Waals surface area contributed by atoms with Gasteiger partial charge in [-0.1, -0.05) is 24.3 Å². The summed E-state index contributed by atoms with van der Waals surface area (Å²) in [5.41, 5.74) is 1.18. The van der Waals surface area contributed by atoms with Gasteiger partial charge in [0.25, 0.3) is 0 Å². The SMILES string of the molecule is Cc1ccccc1[C@@H](C(=O)[O-])[NH+]1CCN(C(=O)OC(C)(C)C)CC1. The molecule has 1 amide bonds. The zero-order valence-corrected chi connectivity index (χ0v) is 14.8. The molecule has 1 N–H and O–H groups in total. The number of amides is 1. The molecule has 6 heteroatoms. The second-order valence-corrected chi connectivity index (χ2v) is 7.23. The van der Waals surface area contributed by atoms with Gasteiger partial charge in [-0.15, -0.1) is 0 Å². The molecule has 1 aromatic rings. The van der Waals surface area contributed by atoms with Crippen molar-refractivity contribution in [3.8, 4) is 0 Å². The Morgan fingerprint density at radius 3 is 2.29 bits per heavy atom. The number of carbonyl (C=O) groups excluding carboxylic acids is 2. The van der Waals surface area contributed by atoms with Gasteiger partial charge in [0.05, 0.1) is 26.2 Å². The number of benzene rings is 1. The summed E-state index contributed by atoms with van der Waals surface area (Å²) >= 11 is 0. The Hall–Kier alpha value is -2.08. The predicted molar refractivity (Wildman–Crippen MR) is 87.4 cm³/mol. The molecule has 0 radical (unpaired) electrons. The molecular weight excluding hydrogens is 308 g/mol. The molecular formula is C18H26N2O4. The summed E-state index contributed by atoms with van der Waals surface area (Å²) in [4.78, 5) is 26.4. The highest BCUT2D eigenvalue weighted by atomic mass is 16.6. The third-order valence-corrected chi connectivity index (χ3v) is 4.20. The zero-order valence-electron chi connectivity index (χ0n) is 14.8. The quantitative estimate of drug-likeness (QED) is 0.839. The highest BCUT2D eigenvalue weighted by molar-refractivity contribution is 5.72. The summed E-state index contributed by atoms with van der Waals surface area (Å²) in [6.07, 6.45) is -0.345. The van der Waals surface area contributed by atoms with Crippen LogP contribution in [0.25, 0.3) is 0 Å². The van der Waals surface area contributed by atoms with Crippen molar-refractivity contribution in [2.75, 3.05) is 26.2 Å². The molecule has 1 atom stereocenters. The normalized spacial score (nSPS) is 17.4. The van der Waals surface area contributed by atoms with E-state index in [-0.39, 0.29) is 6.09 Å². The van der Waals surface area contributed by atoms with Gasteiger partial charge in [0.15, 0.2) is 6.04 Å². The second-order valence-electron chi connectivity index (χ2n) is 7.23. The molecule has 1 aliphatic rings. The number of hydrogen-bond donors (Lipinski definition) is 1. The fraction of sp³-hybridized carbons (Fsp3) is 0.556. The van der Waals surface area contributed by atoms with Crippen molar-refractivity contribution in [1.29, 1.82) is 0 Å². The number of ether oxygens (including phenoxy) is 1. The molecule has 2 rings (SSSR count). The molecule has 0 spiro atoms. The van der Waals surface area contributed by atoms with Crippen LogP contribution in [0.4, 0.5) is 4.79 Å². The van der Waals surface area contributed by atoms with E-state index in [1.165, 1.54) is 0 Å². The Balaban J connectivity index is 2.05. The largest absolute Gasteiger partial charge is 0.544 e. The molecule has 0 aliphatic carbocycles. The van der Waals surface area contributed by atoms with Crippen LogP contribution in [-0.4, -0.2) is 48.7 Å². The predicted octanol–water partition coefficient (Wildman–Crippen LogP) is -0.0784. The molecule has 6 nitrogen and oxygen atoms in total. The lowest BCUT2D eigenvalue weighted by atomic mass is 9.99. The van der Waals surface area contributed by atoms with Gasteiger partial charge < -0.3 is 19.5 Å². The van der Waals surface area contributed by atoms with E-state index < -0.39 is 17.6 Å². The summed E-state index contributed by atoms with van der Waals surface area (Å²) in [5, 5.41) is 11.7. The van der Waals surface area contributed by atoms with Crippen molar-refractivity contribution >= 4 is 12.1 Å². The number of aryl methyl sites for hydroxylation is 1. The first-order valence-corrected chi connectivity index (χ1v) is 8.28. The highest BCUT2D eigenvalue weighted by Crippen LogP contribution is 2.15. The van der Waals surface area contributed by atoms with Crippen molar-refractivity contribution in [2.24, 2.45) is 0 Å². The maximum atomic E-state index is 12.1. The molecule has 0 aromatic heterocycles. The number of carboxylic acid groups (broad SMARTS) is 1. The van der Waals surface area contributed by atoms with Crippen LogP contribution < -0.4 is 10.0 Å². The van der Waals surface area contributed by atoms with E-state index in [2.05, 4.69) is 0 Å². The van der Waals surface area contributed by atoms with Crippen LogP contribution in [0.1, 0.15) is 37.9 Å². The monoisotopic (exact) mass is 334 g/mol. The van der Waals surface area contributed by atoms with Gasteiger partial charge in [-0.25, -0.2) is 4.79 Å². The summed E-state index contributed by atoms with van der Waals surface area (Å²) < 4.78 is 5.37. The molecule has 24 heavy (non-hydrogen) atoms. The van der Waals surface area contributed by atoms with Crippen molar-refractivity contribution < 1.29 is 24.3 Å². The van der Waals surface area contributed by atoms with Crippen LogP contribution >= 0.6 is 0 Å². The fourth-order valence-electron chi connectivity index (χ4n) is 3.02. The van der Waals surface area contributed by atoms with E-state index in [0.29, 0.717) is 26.2 Å². The first kappa shape index (κ1) is 18.3. The Labute approximate surface area is 143 Å². The lowest BCUT2D eigenvalue weighted by Crippen LogP contribution is -3.16. The number of piperazine rings is 1. The van der Waals surface area contributed by atoms with Crippen molar-refractivity contribution in [2.45, 2.75) is 39.3 Å². The number of quaternary nitrogens is 1. The van der Waals surface area contributed by atoms with Gasteiger partial charge in [0.1, 0.15) is 11.6 Å². The van der Waals surface area contributed by atoms with E-state index in [1.54, 1.807) is 4.90 Å². The molecule has 1 aliphatic heterocycles. The second kappa shape index (κ2) is 7.21. The fourth-order valence-corrected chi connectivity index (χ4v) is 3.02. The van der Waals surface area contributed by atoms with Crippen molar-refractivity contribution in [1.82, 2.24) is 4.90 Å². The van der Waals surface area contributed by atoms with Gasteiger partial charge in [-0.2, -0.15) is 0 Å². The molecule has 132 valence electrons. The Morgan fingerprint density at radius 1 is 1.21 bits per heavy atom. The zero-order chi connectivity index (χ0) is 17.9. The van der Waals surface area contributed by atoms with E-state index in [9.17, 15) is 14.7 Å². The first-order chi connectivity index (χ1) is 11.2. The van der Waals surface area contributed by atoms with Crippen LogP contribution in [0, 0.1) is 6.92 Å². The topological polar surface area (TPSA) is 74.1 Å². The molecule has 1 aromatic carbocycles. The summed E-state index contributed by atoms with van der Waals surface area (Å²) in [6, 6.07) is 6.76. The highest BCUT2D eigenvalue weighted by Gasteiger charge is 2.33. The summed E-state index contributed by atoms with van der Waals surface area (Å²) in [7, 11) is 0. The Bertz CT molecular complexity index is 601. The number of nitrogens with zero attached hydrogens (tertiary/aromatic N) is 1. The smallest absolute Gasteiger partial charge is 0.410 e. The number of rotatable bonds is 3. The Morgan fingerprint density at radius 2 is 1.79 bits per heavy atom. The lowest BCUT2D eigenvalue weighted by molar-refractivity contribution is -0.928. The van der Waals surface area contributed by atoms with Crippen molar-refractivity contribution in [3.05, 3.63) is 35.4 Å². The van der Waals surface area contributed by atoms with Crippen LogP contribution in [0.3, 0.4) is 0 Å². The van der Waals surface area contributed by atoms with Gasteiger partial charge in [-0.05, 0) is 33.3 Å². The van der Waals surface area contributed by atoms with Crippen molar-refractivity contribution in [3.63, 3.8) is 0 Å². The third kappa shape index (κ3) is 4.47. The number of hydrogen-bond acceptors (Lipinski definition) is 4. The molecule has 1 fully saturated rings. The van der Waals surface area contributed by atoms with Crippen LogP contribution in [0.5, 0.6) is 0 Å². The number of carboxylic acids is 1. The van der Waals surface area contributed by atoms with Gasteiger partial charge in [0, 0.05) is 5.56 Å². The van der Waals surface area contributed by atoms with Gasteiger partial charge in [0.2, 0.25) is 0 Å². The van der Waals surface area contributed by atoms with Gasteiger partial charge in [-0.3, -0.25) is 4.90 Å². The molecule has 0 saturated carbocycles. The standard InChI is InChI=1S/C18H26N2O4/c1-13-7-5-6-8-14(13)15(16(21)22)19-9-11-20(12-10-19)17(23)24-18(2,3)4/h5-8,15H,9-12H2,1-4H3,(H,21,22)/t15-/m0/s1. The van der Waals surface area contributed by atoms with E-state index in [4.69, 9.17) is 4.74 Å². The summed E-state index contributed by atoms with van der Waals surface area (Å²) in [5.74, 6) is -1.08. The van der Waals surface area contributed by atoms with E-state index in [0.717, 1.165) is 16.0 Å². The van der Waals surface area contributed by atoms with Gasteiger partial charge >= 0.3 is 6.09 Å². The minimum atomic E-state index is -1.08. The average Bonchev–Trinajstić information content (AvgIpc) is 2.48. The first-order valence-electron chi connectivity index (χ1n) is 8.28. The summed E-state index contributed by atoms with van der Waals surface area (Å²) in [6.45, 7) is 9.43. The Kier molecular flexibility index (Phi) is 5.49. The average molecular weight is 334 g/mol. The van der Waals surface area contributed by atoms with Crippen LogP contribution in [-0.2, 0) is 9.53 Å². The lowest BCUT2D eigenvalue weighted by Gasteiger charge is -2.37. The van der Waals surface area contributed by atoms with Crippen LogP contribution in [0.2, 0.25) is 0 Å². The maximum Gasteiger partial charge on any atom is 0.410 e. The van der Waals surface area contributed by atoms with Crippen LogP contribution in [0.15, 0.2) is 24.3 Å². The minimum Gasteiger partial charge on any atom is -0.544 e.